The van der Waals surface area contributed by atoms with Gasteiger partial charge in [-0.15, -0.1) is 0 Å². The van der Waals surface area contributed by atoms with Gasteiger partial charge in [0.1, 0.15) is 5.54 Å². The van der Waals surface area contributed by atoms with Gasteiger partial charge in [-0.2, -0.15) is 0 Å². The first-order chi connectivity index (χ1) is 8.84. The fourth-order valence-electron chi connectivity index (χ4n) is 1.95. The molecule has 0 aliphatic heterocycles. The first-order valence-electron chi connectivity index (χ1n) is 6.48. The summed E-state index contributed by atoms with van der Waals surface area (Å²) in [7, 11) is 0. The van der Waals surface area contributed by atoms with E-state index < -0.39 is 11.5 Å². The van der Waals surface area contributed by atoms with Crippen molar-refractivity contribution in [3.8, 4) is 0 Å². The molecule has 0 saturated carbocycles. The highest BCUT2D eigenvalue weighted by Gasteiger charge is 2.37. The Morgan fingerprint density at radius 3 is 2.05 bits per heavy atom. The molecule has 0 aliphatic rings. The lowest BCUT2D eigenvalue weighted by Crippen LogP contribution is -2.52. The SMILES string of the molecule is CCc1ccc(C(=O)N(CC)C(C)(C)C(=O)O)cc1. The first kappa shape index (κ1) is 15.2. The summed E-state index contributed by atoms with van der Waals surface area (Å²) in [5.74, 6) is -1.26. The van der Waals surface area contributed by atoms with Gasteiger partial charge in [-0.25, -0.2) is 4.79 Å². The lowest BCUT2D eigenvalue weighted by molar-refractivity contribution is -0.147. The van der Waals surface area contributed by atoms with Gasteiger partial charge >= 0.3 is 5.97 Å². The molecular formula is C15H21NO3. The fraction of sp³-hybridized carbons (Fsp3) is 0.467. The van der Waals surface area contributed by atoms with E-state index in [1.54, 1.807) is 19.1 Å². The minimum absolute atomic E-state index is 0.252. The summed E-state index contributed by atoms with van der Waals surface area (Å²) in [5.41, 5.74) is 0.459. The molecular weight excluding hydrogens is 242 g/mol. The molecule has 1 rings (SSSR count). The third-order valence-electron chi connectivity index (χ3n) is 3.37. The molecule has 0 aromatic heterocycles. The van der Waals surface area contributed by atoms with Gasteiger partial charge in [0.2, 0.25) is 0 Å². The van der Waals surface area contributed by atoms with Gasteiger partial charge in [-0.1, -0.05) is 19.1 Å². The van der Waals surface area contributed by atoms with Crippen molar-refractivity contribution in [2.45, 2.75) is 39.7 Å². The third kappa shape index (κ3) is 3.13. The number of hydrogen-bond acceptors (Lipinski definition) is 2. The van der Waals surface area contributed by atoms with Crippen LogP contribution in [0.2, 0.25) is 0 Å². The summed E-state index contributed by atoms with van der Waals surface area (Å²) < 4.78 is 0. The second-order valence-electron chi connectivity index (χ2n) is 4.96. The van der Waals surface area contributed by atoms with E-state index in [0.29, 0.717) is 12.1 Å². The summed E-state index contributed by atoms with van der Waals surface area (Å²) in [4.78, 5) is 25.0. The summed E-state index contributed by atoms with van der Waals surface area (Å²) in [5, 5.41) is 9.23. The van der Waals surface area contributed by atoms with E-state index in [1.165, 1.54) is 18.7 Å². The third-order valence-corrected chi connectivity index (χ3v) is 3.37. The van der Waals surface area contributed by atoms with Gasteiger partial charge in [-0.05, 0) is 44.9 Å². The topological polar surface area (TPSA) is 57.6 Å². The molecule has 4 heteroatoms. The maximum Gasteiger partial charge on any atom is 0.329 e. The van der Waals surface area contributed by atoms with Gasteiger partial charge < -0.3 is 10.0 Å². The molecule has 0 aliphatic carbocycles. The Labute approximate surface area is 114 Å². The van der Waals surface area contributed by atoms with E-state index in [4.69, 9.17) is 0 Å². The predicted molar refractivity (Wildman–Crippen MR) is 74.2 cm³/mol. The number of carboxylic acids is 1. The number of likely N-dealkylation sites (N-methyl/N-ethyl adjacent to an activating group) is 1. The smallest absolute Gasteiger partial charge is 0.329 e. The van der Waals surface area contributed by atoms with Crippen molar-refractivity contribution in [3.05, 3.63) is 35.4 Å². The Kier molecular flexibility index (Phi) is 4.70. The Morgan fingerprint density at radius 2 is 1.68 bits per heavy atom. The average molecular weight is 263 g/mol. The minimum atomic E-state index is -1.21. The number of hydrogen-bond donors (Lipinski definition) is 1. The maximum absolute atomic E-state index is 12.4. The normalized spacial score (nSPS) is 11.2. The Balaban J connectivity index is 3.04. The summed E-state index contributed by atoms with van der Waals surface area (Å²) in [6, 6.07) is 7.30. The van der Waals surface area contributed by atoms with E-state index in [9.17, 15) is 14.7 Å². The molecule has 0 radical (unpaired) electrons. The highest BCUT2D eigenvalue weighted by atomic mass is 16.4. The predicted octanol–water partition coefficient (Wildman–Crippen LogP) is 2.57. The fourth-order valence-corrected chi connectivity index (χ4v) is 1.95. The molecule has 1 amide bonds. The van der Waals surface area contributed by atoms with Gasteiger partial charge in [0.25, 0.3) is 5.91 Å². The van der Waals surface area contributed by atoms with E-state index in [1.807, 2.05) is 19.1 Å². The van der Waals surface area contributed by atoms with Crippen LogP contribution in [0, 0.1) is 0 Å². The summed E-state index contributed by atoms with van der Waals surface area (Å²) in [6.45, 7) is 7.26. The Morgan fingerprint density at radius 1 is 1.16 bits per heavy atom. The van der Waals surface area contributed by atoms with Crippen molar-refractivity contribution in [1.82, 2.24) is 4.90 Å². The van der Waals surface area contributed by atoms with Crippen LogP contribution < -0.4 is 0 Å². The van der Waals surface area contributed by atoms with E-state index >= 15 is 0 Å². The number of aryl methyl sites for hydroxylation is 1. The molecule has 1 N–H and O–H groups in total. The molecule has 0 bridgehead atoms. The van der Waals surface area contributed by atoms with Crippen LogP contribution in [-0.2, 0) is 11.2 Å². The van der Waals surface area contributed by atoms with Crippen molar-refractivity contribution in [2.75, 3.05) is 6.54 Å². The molecule has 19 heavy (non-hydrogen) atoms. The van der Waals surface area contributed by atoms with E-state index in [0.717, 1.165) is 12.0 Å². The van der Waals surface area contributed by atoms with Crippen LogP contribution in [0.1, 0.15) is 43.6 Å². The number of nitrogens with zero attached hydrogens (tertiary/aromatic N) is 1. The largest absolute Gasteiger partial charge is 0.480 e. The molecule has 1 aromatic carbocycles. The van der Waals surface area contributed by atoms with Crippen molar-refractivity contribution < 1.29 is 14.7 Å². The second-order valence-corrected chi connectivity index (χ2v) is 4.96. The Hall–Kier alpha value is -1.84. The van der Waals surface area contributed by atoms with E-state index in [2.05, 4.69) is 0 Å². The van der Waals surface area contributed by atoms with Crippen LogP contribution in [0.25, 0.3) is 0 Å². The highest BCUT2D eigenvalue weighted by molar-refractivity contribution is 5.97. The minimum Gasteiger partial charge on any atom is -0.480 e. The zero-order valence-corrected chi connectivity index (χ0v) is 11.9. The van der Waals surface area contributed by atoms with Crippen molar-refractivity contribution in [1.29, 1.82) is 0 Å². The van der Waals surface area contributed by atoms with E-state index in [-0.39, 0.29) is 5.91 Å². The molecule has 0 atom stereocenters. The lowest BCUT2D eigenvalue weighted by atomic mass is 10.0. The zero-order chi connectivity index (χ0) is 14.6. The van der Waals surface area contributed by atoms with Crippen LogP contribution in [0.5, 0.6) is 0 Å². The van der Waals surface area contributed by atoms with Gasteiger partial charge in [0, 0.05) is 12.1 Å². The molecule has 104 valence electrons. The van der Waals surface area contributed by atoms with Crippen LogP contribution in [0.4, 0.5) is 0 Å². The zero-order valence-electron chi connectivity index (χ0n) is 11.9. The summed E-state index contributed by atoms with van der Waals surface area (Å²) >= 11 is 0. The molecule has 0 fully saturated rings. The molecule has 0 spiro atoms. The van der Waals surface area contributed by atoms with Gasteiger partial charge in [0.05, 0.1) is 0 Å². The lowest BCUT2D eigenvalue weighted by Gasteiger charge is -2.34. The number of aliphatic carboxylic acids is 1. The molecule has 4 nitrogen and oxygen atoms in total. The van der Waals surface area contributed by atoms with Gasteiger partial charge in [0.15, 0.2) is 0 Å². The number of carboxylic acid groups (broad SMARTS) is 1. The molecule has 0 heterocycles. The van der Waals surface area contributed by atoms with Crippen molar-refractivity contribution >= 4 is 11.9 Å². The van der Waals surface area contributed by atoms with Crippen molar-refractivity contribution in [3.63, 3.8) is 0 Å². The van der Waals surface area contributed by atoms with Crippen molar-refractivity contribution in [2.24, 2.45) is 0 Å². The first-order valence-corrected chi connectivity index (χ1v) is 6.48. The van der Waals surface area contributed by atoms with Crippen LogP contribution in [0.3, 0.4) is 0 Å². The number of amides is 1. The molecule has 0 unspecified atom stereocenters. The molecule has 1 aromatic rings. The summed E-state index contributed by atoms with van der Waals surface area (Å²) in [6.07, 6.45) is 0.909. The second kappa shape index (κ2) is 5.87. The number of benzene rings is 1. The highest BCUT2D eigenvalue weighted by Crippen LogP contribution is 2.18. The number of carbonyl (C=O) groups excluding carboxylic acids is 1. The van der Waals surface area contributed by atoms with Crippen LogP contribution in [0.15, 0.2) is 24.3 Å². The van der Waals surface area contributed by atoms with Gasteiger partial charge in [-0.3, -0.25) is 4.79 Å². The average Bonchev–Trinajstić information content (AvgIpc) is 2.39. The Bertz CT molecular complexity index is 463. The van der Waals surface area contributed by atoms with Crippen LogP contribution in [-0.4, -0.2) is 34.0 Å². The van der Waals surface area contributed by atoms with Crippen LogP contribution >= 0.6 is 0 Å². The standard InChI is InChI=1S/C15H21NO3/c1-5-11-7-9-12(10-8-11)13(17)16(6-2)15(3,4)14(18)19/h7-10H,5-6H2,1-4H3,(H,18,19). The monoisotopic (exact) mass is 263 g/mol. The molecule has 0 saturated heterocycles. The maximum atomic E-state index is 12.4. The number of rotatable bonds is 5. The number of carbonyl (C=O) groups is 2. The quantitative estimate of drug-likeness (QED) is 0.888.